The first-order valence-corrected chi connectivity index (χ1v) is 15.5. The number of methoxy groups -OCH3 is 2. The fourth-order valence-corrected chi connectivity index (χ4v) is 6.09. The summed E-state index contributed by atoms with van der Waals surface area (Å²) < 4.78 is 10.5. The average molecular weight is 613 g/mol. The molecule has 2 aromatic heterocycles. The van der Waals surface area contributed by atoms with Crippen LogP contribution in [0.25, 0.3) is 21.8 Å². The van der Waals surface area contributed by atoms with Crippen LogP contribution in [-0.4, -0.2) is 82.4 Å². The van der Waals surface area contributed by atoms with Crippen molar-refractivity contribution in [1.29, 1.82) is 0 Å². The van der Waals surface area contributed by atoms with Gasteiger partial charge in [-0.15, -0.1) is 0 Å². The Morgan fingerprint density at radius 3 is 1.57 bits per heavy atom. The molecule has 0 radical (unpaired) electrons. The van der Waals surface area contributed by atoms with Gasteiger partial charge in [0, 0.05) is 71.6 Å². The summed E-state index contributed by atoms with van der Waals surface area (Å²) in [5, 5.41) is 32.6. The zero-order valence-corrected chi connectivity index (χ0v) is 24.7. The standard InChI is InChI=1S/C28H32N6O6S2/c1-39-19-3-5-23-21(13-19)17(15-31-23)11-25(33-37)27(35)29-7-9-41-42-10-8-30-28(36)26(34-38)12-18-16-32-24-6-4-20(40-2)14-22(18)24/h3-6,13-16,31-32,37-38H,7-12H2,1-2H3,(H,29,35)(H,30,36)/b33-25+,34-26+. The van der Waals surface area contributed by atoms with E-state index in [-0.39, 0.29) is 24.3 Å². The second-order valence-corrected chi connectivity index (χ2v) is 11.8. The van der Waals surface area contributed by atoms with E-state index in [9.17, 15) is 20.0 Å². The number of fused-ring (bicyclic) bond motifs is 2. The Balaban J connectivity index is 1.13. The Labute approximate surface area is 249 Å². The molecular weight excluding hydrogens is 580 g/mol. The van der Waals surface area contributed by atoms with E-state index >= 15 is 0 Å². The maximum atomic E-state index is 12.5. The van der Waals surface area contributed by atoms with Gasteiger partial charge in [-0.2, -0.15) is 0 Å². The summed E-state index contributed by atoms with van der Waals surface area (Å²) in [5.41, 5.74) is 3.43. The molecule has 222 valence electrons. The second kappa shape index (κ2) is 15.1. The van der Waals surface area contributed by atoms with Crippen LogP contribution in [-0.2, 0) is 22.4 Å². The third-order valence-corrected chi connectivity index (χ3v) is 8.86. The molecule has 0 aliphatic rings. The molecule has 4 aromatic rings. The molecule has 0 unspecified atom stereocenters. The largest absolute Gasteiger partial charge is 0.497 e. The second-order valence-electron chi connectivity index (χ2n) is 9.05. The molecule has 0 saturated carbocycles. The fourth-order valence-electron chi connectivity index (χ4n) is 4.28. The summed E-state index contributed by atoms with van der Waals surface area (Å²) in [6.45, 7) is 0.751. The average Bonchev–Trinajstić information content (AvgIpc) is 3.62. The molecule has 0 aliphatic heterocycles. The number of benzene rings is 2. The van der Waals surface area contributed by atoms with Gasteiger partial charge in [-0.05, 0) is 47.5 Å². The van der Waals surface area contributed by atoms with Crippen LogP contribution in [0.4, 0.5) is 0 Å². The van der Waals surface area contributed by atoms with E-state index in [1.807, 2.05) is 36.4 Å². The molecule has 4 rings (SSSR count). The SMILES string of the molecule is COc1ccc2[nH]cc(C/C(=N\O)C(=O)NCCSSCCNC(=O)/C(Cc3c[nH]c4ccc(OC)cc34)=N/O)c2c1. The van der Waals surface area contributed by atoms with Crippen molar-refractivity contribution >= 4 is 66.6 Å². The number of oxime groups is 2. The number of aromatic nitrogens is 2. The summed E-state index contributed by atoms with van der Waals surface area (Å²) in [5.74, 6) is 1.71. The number of ether oxygens (including phenoxy) is 2. The number of hydrogen-bond acceptors (Lipinski definition) is 10. The van der Waals surface area contributed by atoms with Gasteiger partial charge >= 0.3 is 0 Å². The first-order chi connectivity index (χ1) is 20.5. The van der Waals surface area contributed by atoms with Crippen molar-refractivity contribution in [2.75, 3.05) is 38.8 Å². The van der Waals surface area contributed by atoms with Crippen molar-refractivity contribution in [2.24, 2.45) is 10.3 Å². The number of rotatable bonds is 15. The summed E-state index contributed by atoms with van der Waals surface area (Å²) >= 11 is 0. The predicted octanol–water partition coefficient (Wildman–Crippen LogP) is 3.73. The Morgan fingerprint density at radius 1 is 0.762 bits per heavy atom. The Morgan fingerprint density at radius 2 is 1.19 bits per heavy atom. The van der Waals surface area contributed by atoms with Gasteiger partial charge in [-0.3, -0.25) is 9.59 Å². The quantitative estimate of drug-likeness (QED) is 0.0387. The lowest BCUT2D eigenvalue weighted by Crippen LogP contribution is -2.34. The normalized spacial score (nSPS) is 12.0. The highest BCUT2D eigenvalue weighted by atomic mass is 33.1. The van der Waals surface area contributed by atoms with Crippen molar-refractivity contribution < 1.29 is 29.5 Å². The van der Waals surface area contributed by atoms with E-state index in [0.717, 1.165) is 32.9 Å². The third kappa shape index (κ3) is 7.70. The van der Waals surface area contributed by atoms with Crippen LogP contribution in [0.3, 0.4) is 0 Å². The van der Waals surface area contributed by atoms with Crippen LogP contribution in [0.15, 0.2) is 59.1 Å². The van der Waals surface area contributed by atoms with Crippen molar-refractivity contribution in [3.05, 3.63) is 59.9 Å². The van der Waals surface area contributed by atoms with Gasteiger partial charge in [0.1, 0.15) is 22.9 Å². The smallest absolute Gasteiger partial charge is 0.269 e. The van der Waals surface area contributed by atoms with E-state index < -0.39 is 11.8 Å². The molecule has 12 nitrogen and oxygen atoms in total. The monoisotopic (exact) mass is 612 g/mol. The highest BCUT2D eigenvalue weighted by Gasteiger charge is 2.17. The number of hydrogen-bond donors (Lipinski definition) is 6. The van der Waals surface area contributed by atoms with Crippen LogP contribution in [0, 0.1) is 0 Å². The number of H-pyrrole nitrogens is 2. The van der Waals surface area contributed by atoms with Crippen LogP contribution in [0.1, 0.15) is 11.1 Å². The molecule has 2 heterocycles. The van der Waals surface area contributed by atoms with Crippen molar-refractivity contribution in [3.8, 4) is 11.5 Å². The lowest BCUT2D eigenvalue weighted by Gasteiger charge is -2.08. The van der Waals surface area contributed by atoms with Gasteiger partial charge in [0.2, 0.25) is 0 Å². The Hall–Kier alpha value is -4.30. The van der Waals surface area contributed by atoms with Gasteiger partial charge in [-0.1, -0.05) is 31.9 Å². The number of amides is 2. The van der Waals surface area contributed by atoms with Gasteiger partial charge in [0.15, 0.2) is 0 Å². The van der Waals surface area contributed by atoms with Gasteiger partial charge in [-0.25, -0.2) is 0 Å². The van der Waals surface area contributed by atoms with Crippen molar-refractivity contribution in [2.45, 2.75) is 12.8 Å². The molecule has 0 bridgehead atoms. The van der Waals surface area contributed by atoms with E-state index in [0.29, 0.717) is 36.1 Å². The molecule has 2 aromatic carbocycles. The lowest BCUT2D eigenvalue weighted by atomic mass is 10.1. The molecule has 42 heavy (non-hydrogen) atoms. The Bertz CT molecular complexity index is 1480. The molecule has 0 atom stereocenters. The maximum absolute atomic E-state index is 12.5. The molecule has 0 fully saturated rings. The first kappa shape index (κ1) is 30.7. The summed E-state index contributed by atoms with van der Waals surface area (Å²) in [7, 11) is 6.24. The predicted molar refractivity (Wildman–Crippen MR) is 166 cm³/mol. The molecular formula is C28H32N6O6S2. The number of nitrogens with zero attached hydrogens (tertiary/aromatic N) is 2. The third-order valence-electron chi connectivity index (χ3n) is 6.46. The van der Waals surface area contributed by atoms with Crippen LogP contribution < -0.4 is 20.1 Å². The maximum Gasteiger partial charge on any atom is 0.269 e. The number of carbonyl (C=O) groups excluding carboxylic acids is 2. The topological polar surface area (TPSA) is 173 Å². The van der Waals surface area contributed by atoms with Gasteiger partial charge in [0.25, 0.3) is 11.8 Å². The van der Waals surface area contributed by atoms with Crippen molar-refractivity contribution in [3.63, 3.8) is 0 Å². The lowest BCUT2D eigenvalue weighted by molar-refractivity contribution is -0.115. The molecule has 0 spiro atoms. The summed E-state index contributed by atoms with van der Waals surface area (Å²) in [4.78, 5) is 31.4. The van der Waals surface area contributed by atoms with Crippen LogP contribution in [0.2, 0.25) is 0 Å². The van der Waals surface area contributed by atoms with E-state index in [1.54, 1.807) is 26.6 Å². The molecule has 0 saturated heterocycles. The first-order valence-electron chi connectivity index (χ1n) is 13.0. The number of aromatic amines is 2. The number of nitrogens with one attached hydrogen (secondary N) is 4. The van der Waals surface area contributed by atoms with E-state index in [4.69, 9.17) is 9.47 Å². The zero-order valence-electron chi connectivity index (χ0n) is 23.1. The highest BCUT2D eigenvalue weighted by Crippen LogP contribution is 2.25. The minimum absolute atomic E-state index is 0.00668. The molecule has 6 N–H and O–H groups in total. The van der Waals surface area contributed by atoms with E-state index in [2.05, 4.69) is 30.9 Å². The van der Waals surface area contributed by atoms with Crippen LogP contribution >= 0.6 is 21.6 Å². The van der Waals surface area contributed by atoms with Gasteiger partial charge in [0.05, 0.1) is 14.2 Å². The van der Waals surface area contributed by atoms with Gasteiger partial charge < -0.3 is 40.5 Å². The summed E-state index contributed by atoms with van der Waals surface area (Å²) in [6.07, 6.45) is 3.88. The van der Waals surface area contributed by atoms with Crippen LogP contribution in [0.5, 0.6) is 11.5 Å². The minimum atomic E-state index is -0.447. The zero-order chi connectivity index (χ0) is 29.9. The molecule has 0 aliphatic carbocycles. The van der Waals surface area contributed by atoms with Crippen molar-refractivity contribution in [1.82, 2.24) is 20.6 Å². The highest BCUT2D eigenvalue weighted by molar-refractivity contribution is 8.76. The summed E-state index contributed by atoms with van der Waals surface area (Å²) in [6, 6.07) is 11.2. The number of carbonyl (C=O) groups is 2. The fraction of sp³-hybridized carbons (Fsp3) is 0.286. The molecule has 2 amide bonds. The minimum Gasteiger partial charge on any atom is -0.497 e. The molecule has 14 heteroatoms. The Kier molecular flexibility index (Phi) is 11.0. The van der Waals surface area contributed by atoms with E-state index in [1.165, 1.54) is 21.6 Å².